The van der Waals surface area contributed by atoms with Crippen LogP contribution in [0.3, 0.4) is 0 Å². The Morgan fingerprint density at radius 2 is 1.73 bits per heavy atom. The van der Waals surface area contributed by atoms with Crippen molar-refractivity contribution < 1.29 is 34.0 Å². The van der Waals surface area contributed by atoms with E-state index in [4.69, 9.17) is 9.26 Å². The molecule has 7 atom stereocenters. The van der Waals surface area contributed by atoms with Crippen molar-refractivity contribution in [2.24, 2.45) is 14.1 Å². The van der Waals surface area contributed by atoms with E-state index >= 15 is 0 Å². The van der Waals surface area contributed by atoms with Crippen LogP contribution in [0.15, 0.2) is 15.8 Å². The minimum atomic E-state index is -4.58. The van der Waals surface area contributed by atoms with Crippen LogP contribution in [0.25, 0.3) is 0 Å². The van der Waals surface area contributed by atoms with E-state index in [9.17, 15) is 34.4 Å². The molecular formula is C18H31N2O9P. The molecule has 0 spiro atoms. The van der Waals surface area contributed by atoms with E-state index in [1.165, 1.54) is 41.1 Å². The van der Waals surface area contributed by atoms with Gasteiger partial charge in [-0.2, -0.15) is 0 Å². The maximum atomic E-state index is 12.7. The summed E-state index contributed by atoms with van der Waals surface area (Å²) in [6.07, 6.45) is -4.46. The molecular weight excluding hydrogens is 419 g/mol. The molecule has 1 fully saturated rings. The molecule has 0 amide bonds. The molecule has 0 saturated carbocycles. The quantitative estimate of drug-likeness (QED) is 0.410. The lowest BCUT2D eigenvalue weighted by Gasteiger charge is -2.40. The van der Waals surface area contributed by atoms with Gasteiger partial charge in [0.25, 0.3) is 5.56 Å². The van der Waals surface area contributed by atoms with Crippen LogP contribution in [-0.2, 0) is 27.9 Å². The zero-order valence-electron chi connectivity index (χ0n) is 18.0. The van der Waals surface area contributed by atoms with Crippen molar-refractivity contribution in [3.8, 4) is 0 Å². The molecule has 1 aromatic heterocycles. The van der Waals surface area contributed by atoms with Gasteiger partial charge in [-0.15, -0.1) is 0 Å². The smallest absolute Gasteiger partial charge is 0.359 e. The largest absolute Gasteiger partial charge is 0.387 e. The molecule has 2 heterocycles. The summed E-state index contributed by atoms with van der Waals surface area (Å²) in [6.45, 7) is 5.73. The van der Waals surface area contributed by atoms with Crippen LogP contribution in [0.1, 0.15) is 52.2 Å². The maximum Gasteiger partial charge on any atom is 0.359 e. The van der Waals surface area contributed by atoms with Crippen molar-refractivity contribution in [1.82, 2.24) is 9.13 Å². The van der Waals surface area contributed by atoms with Crippen molar-refractivity contribution in [3.05, 3.63) is 32.6 Å². The summed E-state index contributed by atoms with van der Waals surface area (Å²) >= 11 is 0. The van der Waals surface area contributed by atoms with Gasteiger partial charge in [0.1, 0.15) is 30.0 Å². The fourth-order valence-electron chi connectivity index (χ4n) is 3.37. The molecule has 1 aliphatic heterocycles. The van der Waals surface area contributed by atoms with Gasteiger partial charge >= 0.3 is 13.3 Å². The lowest BCUT2D eigenvalue weighted by molar-refractivity contribution is -0.116. The fourth-order valence-corrected chi connectivity index (χ4v) is 4.76. The van der Waals surface area contributed by atoms with Crippen molar-refractivity contribution >= 4 is 7.60 Å². The Kier molecular flexibility index (Phi) is 6.91. The van der Waals surface area contributed by atoms with E-state index in [1.54, 1.807) is 6.92 Å². The van der Waals surface area contributed by atoms with Gasteiger partial charge in [-0.3, -0.25) is 18.5 Å². The number of nitrogens with zero attached hydrogens (tertiary/aromatic N) is 2. The number of aromatic nitrogens is 2. The van der Waals surface area contributed by atoms with E-state index in [0.29, 0.717) is 0 Å². The first-order chi connectivity index (χ1) is 13.6. The molecule has 4 N–H and O–H groups in total. The summed E-state index contributed by atoms with van der Waals surface area (Å²) in [5, 5.41) is 29.4. The zero-order chi connectivity index (χ0) is 23.2. The lowest BCUT2D eigenvalue weighted by atomic mass is 9.90. The van der Waals surface area contributed by atoms with Crippen LogP contribution in [0.5, 0.6) is 0 Å². The molecule has 30 heavy (non-hydrogen) atoms. The SMILES string of the molecule is CCC(C)(OP(=O)(O)C(C)(O)CC)C1O[C@@H](c2cn(C)c(=O)n(C)c2=O)[C@H](O)[C@@H]1O. The van der Waals surface area contributed by atoms with Crippen LogP contribution >= 0.6 is 7.60 Å². The second kappa shape index (κ2) is 8.31. The molecule has 11 nitrogen and oxygen atoms in total. The fraction of sp³-hybridized carbons (Fsp3) is 0.778. The van der Waals surface area contributed by atoms with E-state index in [2.05, 4.69) is 0 Å². The number of aryl methyl sites for hydroxylation is 1. The second-order valence-electron chi connectivity index (χ2n) is 8.15. The minimum absolute atomic E-state index is 0.0557. The van der Waals surface area contributed by atoms with Gasteiger partial charge in [0.15, 0.2) is 5.34 Å². The minimum Gasteiger partial charge on any atom is -0.387 e. The van der Waals surface area contributed by atoms with Crippen LogP contribution in [0.2, 0.25) is 0 Å². The van der Waals surface area contributed by atoms with E-state index < -0.39 is 54.2 Å². The lowest BCUT2D eigenvalue weighted by Crippen LogP contribution is -2.49. The van der Waals surface area contributed by atoms with E-state index in [0.717, 1.165) is 9.13 Å². The molecule has 1 aliphatic rings. The molecule has 0 aromatic carbocycles. The number of rotatable bonds is 7. The number of aliphatic hydroxyl groups is 3. The third-order valence-electron chi connectivity index (χ3n) is 5.96. The number of aliphatic hydroxyl groups excluding tert-OH is 2. The van der Waals surface area contributed by atoms with Crippen LogP contribution in [-0.4, -0.2) is 58.6 Å². The molecule has 1 saturated heterocycles. The summed E-state index contributed by atoms with van der Waals surface area (Å²) in [5.74, 6) is 0. The third-order valence-corrected chi connectivity index (χ3v) is 8.16. The van der Waals surface area contributed by atoms with Gasteiger partial charge < -0.3 is 29.5 Å². The number of ether oxygens (including phenoxy) is 1. The van der Waals surface area contributed by atoms with Gasteiger partial charge in [-0.1, -0.05) is 13.8 Å². The highest BCUT2D eigenvalue weighted by Crippen LogP contribution is 2.59. The average molecular weight is 450 g/mol. The van der Waals surface area contributed by atoms with E-state index in [-0.39, 0.29) is 18.4 Å². The van der Waals surface area contributed by atoms with Crippen molar-refractivity contribution in [1.29, 1.82) is 0 Å². The first-order valence-corrected chi connectivity index (χ1v) is 11.3. The molecule has 12 heteroatoms. The molecule has 0 radical (unpaired) electrons. The van der Waals surface area contributed by atoms with Crippen molar-refractivity contribution in [3.63, 3.8) is 0 Å². The Hall–Kier alpha value is -1.33. The van der Waals surface area contributed by atoms with Gasteiger partial charge in [0.2, 0.25) is 0 Å². The highest BCUT2D eigenvalue weighted by atomic mass is 31.2. The first-order valence-electron chi connectivity index (χ1n) is 9.67. The molecule has 1 aromatic rings. The monoisotopic (exact) mass is 450 g/mol. The summed E-state index contributed by atoms with van der Waals surface area (Å²) < 4.78 is 25.9. The Bertz CT molecular complexity index is 956. The first kappa shape index (κ1) is 24.9. The van der Waals surface area contributed by atoms with Gasteiger partial charge in [-0.25, -0.2) is 4.79 Å². The second-order valence-corrected chi connectivity index (χ2v) is 10.3. The number of hydrogen-bond acceptors (Lipinski definition) is 8. The molecule has 4 unspecified atom stereocenters. The molecule has 172 valence electrons. The van der Waals surface area contributed by atoms with Gasteiger partial charge in [0, 0.05) is 20.3 Å². The third kappa shape index (κ3) is 4.08. The van der Waals surface area contributed by atoms with Crippen LogP contribution in [0.4, 0.5) is 0 Å². The molecule has 2 rings (SSSR count). The van der Waals surface area contributed by atoms with Gasteiger partial charge in [-0.05, 0) is 26.7 Å². The highest BCUT2D eigenvalue weighted by Gasteiger charge is 2.56. The van der Waals surface area contributed by atoms with Crippen LogP contribution < -0.4 is 11.2 Å². The normalized spacial score (nSPS) is 30.5. The Morgan fingerprint density at radius 3 is 2.23 bits per heavy atom. The van der Waals surface area contributed by atoms with Crippen molar-refractivity contribution in [2.75, 3.05) is 0 Å². The van der Waals surface area contributed by atoms with Crippen molar-refractivity contribution in [2.45, 2.75) is 75.9 Å². The van der Waals surface area contributed by atoms with Crippen LogP contribution in [0, 0.1) is 0 Å². The number of hydrogen-bond donors (Lipinski definition) is 4. The van der Waals surface area contributed by atoms with E-state index in [1.807, 2.05) is 0 Å². The Balaban J connectivity index is 2.46. The summed E-state index contributed by atoms with van der Waals surface area (Å²) in [4.78, 5) is 34.8. The Labute approximate surface area is 174 Å². The topological polar surface area (TPSA) is 160 Å². The van der Waals surface area contributed by atoms with Gasteiger partial charge in [0.05, 0.1) is 5.56 Å². The summed E-state index contributed by atoms with van der Waals surface area (Å²) in [6, 6.07) is 0. The molecule has 0 bridgehead atoms. The average Bonchev–Trinajstić information content (AvgIpc) is 2.98. The maximum absolute atomic E-state index is 12.7. The highest BCUT2D eigenvalue weighted by molar-refractivity contribution is 7.54. The zero-order valence-corrected chi connectivity index (χ0v) is 18.9. The summed E-state index contributed by atoms with van der Waals surface area (Å²) in [5.41, 5.74) is -2.90. The predicted molar refractivity (Wildman–Crippen MR) is 107 cm³/mol. The predicted octanol–water partition coefficient (Wildman–Crippen LogP) is -0.265. The summed E-state index contributed by atoms with van der Waals surface area (Å²) in [7, 11) is -1.88. The molecule has 0 aliphatic carbocycles. The standard InChI is InChI=1S/C18H31N2O9P/c1-7-17(3,29-30(26,27)18(4,25)8-2)14-12(22)11(21)13(28-14)10-9-19(5)16(24)20(6)15(10)23/h9,11-14,21-22,25H,7-8H2,1-6H3,(H,26,27)/t11-,12+,13+,14?,17?,18?/m1/s1. The Morgan fingerprint density at radius 1 is 1.17 bits per heavy atom.